The second-order valence-corrected chi connectivity index (χ2v) is 7.50. The number of carbonyl (C=O) groups is 2. The first kappa shape index (κ1) is 26.1. The molecule has 0 radical (unpaired) electrons. The maximum Gasteiger partial charge on any atom is 0.415 e. The second kappa shape index (κ2) is 14.1. The normalized spacial score (nSPS) is 11.6. The third kappa shape index (κ3) is 9.49. The summed E-state index contributed by atoms with van der Waals surface area (Å²) in [6, 6.07) is 12.6. The van der Waals surface area contributed by atoms with Gasteiger partial charge in [-0.3, -0.25) is 0 Å². The van der Waals surface area contributed by atoms with E-state index in [4.69, 9.17) is 14.2 Å². The maximum atomic E-state index is 13.4. The molecule has 0 heterocycles. The van der Waals surface area contributed by atoms with Gasteiger partial charge in [0.25, 0.3) is 0 Å². The minimum Gasteiger partial charge on any atom is -0.492 e. The number of carboxylic acid groups (broad SMARTS) is 1. The van der Waals surface area contributed by atoms with Crippen molar-refractivity contribution in [1.82, 2.24) is 4.90 Å². The van der Waals surface area contributed by atoms with Crippen LogP contribution in [0.4, 0.5) is 9.18 Å². The monoisotopic (exact) mass is 461 g/mol. The third-order valence-corrected chi connectivity index (χ3v) is 4.91. The molecular formula is C25H32FNO6. The highest BCUT2D eigenvalue weighted by molar-refractivity contribution is 5.72. The van der Waals surface area contributed by atoms with E-state index in [0.29, 0.717) is 25.4 Å². The predicted octanol–water partition coefficient (Wildman–Crippen LogP) is 4.93. The van der Waals surface area contributed by atoms with Crippen LogP contribution in [0.5, 0.6) is 11.5 Å². The van der Waals surface area contributed by atoms with Crippen LogP contribution in [0, 0.1) is 5.82 Å². The van der Waals surface area contributed by atoms with Gasteiger partial charge in [0, 0.05) is 25.6 Å². The lowest BCUT2D eigenvalue weighted by molar-refractivity contribution is -0.149. The van der Waals surface area contributed by atoms with Gasteiger partial charge in [0.1, 0.15) is 23.9 Å². The van der Waals surface area contributed by atoms with Crippen LogP contribution in [0.2, 0.25) is 0 Å². The van der Waals surface area contributed by atoms with Gasteiger partial charge in [0.05, 0.1) is 6.54 Å². The standard InChI is InChI=1S/C25H32FNO6/c1-3-5-6-14-27(25(30)33-22-9-7-8-20(26)18-22)15-16-32-21-12-10-19(11-13-21)17-23(24(28)29)31-4-2/h7-13,18,23H,3-6,14-17H2,1-2H3,(H,28,29). The zero-order chi connectivity index (χ0) is 24.1. The Morgan fingerprint density at radius 2 is 1.79 bits per heavy atom. The van der Waals surface area contributed by atoms with Crippen molar-refractivity contribution in [3.05, 3.63) is 59.9 Å². The minimum absolute atomic E-state index is 0.156. The van der Waals surface area contributed by atoms with Crippen molar-refractivity contribution in [1.29, 1.82) is 0 Å². The molecule has 1 N–H and O–H groups in total. The number of aliphatic carboxylic acids is 1. The Hall–Kier alpha value is -3.13. The number of carbonyl (C=O) groups excluding carboxylic acids is 1. The first-order valence-corrected chi connectivity index (χ1v) is 11.2. The van der Waals surface area contributed by atoms with Gasteiger partial charge in [-0.05, 0) is 43.2 Å². The molecule has 0 saturated carbocycles. The van der Waals surface area contributed by atoms with Crippen molar-refractivity contribution < 1.29 is 33.3 Å². The van der Waals surface area contributed by atoms with E-state index in [9.17, 15) is 19.1 Å². The van der Waals surface area contributed by atoms with Gasteiger partial charge in [0.15, 0.2) is 6.10 Å². The zero-order valence-electron chi connectivity index (χ0n) is 19.2. The lowest BCUT2D eigenvalue weighted by Gasteiger charge is -2.22. The molecule has 33 heavy (non-hydrogen) atoms. The van der Waals surface area contributed by atoms with E-state index in [2.05, 4.69) is 6.92 Å². The highest BCUT2D eigenvalue weighted by atomic mass is 19.1. The molecule has 180 valence electrons. The summed E-state index contributed by atoms with van der Waals surface area (Å²) in [5, 5.41) is 9.21. The summed E-state index contributed by atoms with van der Waals surface area (Å²) in [6.07, 6.45) is 1.65. The molecule has 2 rings (SSSR count). The first-order chi connectivity index (χ1) is 15.9. The molecule has 2 aromatic rings. The number of ether oxygens (including phenoxy) is 3. The van der Waals surface area contributed by atoms with Gasteiger partial charge < -0.3 is 24.2 Å². The number of rotatable bonds is 14. The van der Waals surface area contributed by atoms with E-state index in [0.717, 1.165) is 24.8 Å². The molecule has 0 fully saturated rings. The summed E-state index contributed by atoms with van der Waals surface area (Å²) in [4.78, 5) is 25.4. The molecule has 1 atom stereocenters. The molecule has 1 amide bonds. The Morgan fingerprint density at radius 3 is 2.42 bits per heavy atom. The van der Waals surface area contributed by atoms with Gasteiger partial charge in [0.2, 0.25) is 0 Å². The van der Waals surface area contributed by atoms with Crippen LogP contribution in [0.3, 0.4) is 0 Å². The fraction of sp³-hybridized carbons (Fsp3) is 0.440. The van der Waals surface area contributed by atoms with Gasteiger partial charge in [-0.25, -0.2) is 14.0 Å². The molecule has 8 heteroatoms. The number of unbranched alkanes of at least 4 members (excludes halogenated alkanes) is 2. The van der Waals surface area contributed by atoms with Crippen LogP contribution < -0.4 is 9.47 Å². The fourth-order valence-corrected chi connectivity index (χ4v) is 3.17. The number of benzene rings is 2. The molecule has 0 aromatic heterocycles. The van der Waals surface area contributed by atoms with E-state index < -0.39 is 24.0 Å². The number of hydrogen-bond acceptors (Lipinski definition) is 5. The van der Waals surface area contributed by atoms with E-state index in [1.165, 1.54) is 24.3 Å². The molecule has 0 aliphatic rings. The molecule has 0 saturated heterocycles. The van der Waals surface area contributed by atoms with Crippen molar-refractivity contribution in [2.24, 2.45) is 0 Å². The first-order valence-electron chi connectivity index (χ1n) is 11.2. The Labute approximate surface area is 194 Å². The van der Waals surface area contributed by atoms with Crippen LogP contribution in [0.15, 0.2) is 48.5 Å². The minimum atomic E-state index is -0.995. The Bertz CT molecular complexity index is 873. The molecule has 0 aliphatic carbocycles. The number of nitrogens with zero attached hydrogens (tertiary/aromatic N) is 1. The summed E-state index contributed by atoms with van der Waals surface area (Å²) in [7, 11) is 0. The smallest absolute Gasteiger partial charge is 0.415 e. The molecule has 2 aromatic carbocycles. The van der Waals surface area contributed by atoms with Crippen molar-refractivity contribution in [3.63, 3.8) is 0 Å². The molecule has 0 aliphatic heterocycles. The van der Waals surface area contributed by atoms with Crippen molar-refractivity contribution in [2.75, 3.05) is 26.3 Å². The number of carboxylic acids is 1. The Morgan fingerprint density at radius 1 is 1.03 bits per heavy atom. The van der Waals surface area contributed by atoms with Crippen molar-refractivity contribution >= 4 is 12.1 Å². The molecule has 0 spiro atoms. The largest absolute Gasteiger partial charge is 0.492 e. The van der Waals surface area contributed by atoms with Crippen LogP contribution in [0.25, 0.3) is 0 Å². The predicted molar refractivity (Wildman–Crippen MR) is 122 cm³/mol. The van der Waals surface area contributed by atoms with E-state index in [1.54, 1.807) is 36.1 Å². The topological polar surface area (TPSA) is 85.3 Å². The molecular weight excluding hydrogens is 429 g/mol. The van der Waals surface area contributed by atoms with Crippen LogP contribution >= 0.6 is 0 Å². The molecule has 0 bridgehead atoms. The lowest BCUT2D eigenvalue weighted by atomic mass is 10.1. The van der Waals surface area contributed by atoms with Crippen LogP contribution in [0.1, 0.15) is 38.7 Å². The van der Waals surface area contributed by atoms with Gasteiger partial charge in [-0.1, -0.05) is 38.0 Å². The second-order valence-electron chi connectivity index (χ2n) is 7.50. The summed E-state index contributed by atoms with van der Waals surface area (Å²) in [6.45, 7) is 5.24. The molecule has 7 nitrogen and oxygen atoms in total. The number of hydrogen-bond donors (Lipinski definition) is 1. The van der Waals surface area contributed by atoms with Crippen LogP contribution in [-0.4, -0.2) is 54.5 Å². The van der Waals surface area contributed by atoms with Gasteiger partial charge in [-0.2, -0.15) is 0 Å². The zero-order valence-corrected chi connectivity index (χ0v) is 19.2. The van der Waals surface area contributed by atoms with E-state index in [-0.39, 0.29) is 18.8 Å². The third-order valence-electron chi connectivity index (χ3n) is 4.91. The van der Waals surface area contributed by atoms with Crippen LogP contribution in [-0.2, 0) is 16.0 Å². The van der Waals surface area contributed by atoms with Crippen molar-refractivity contribution in [3.8, 4) is 11.5 Å². The quantitative estimate of drug-likeness (QED) is 0.402. The maximum absolute atomic E-state index is 13.4. The summed E-state index contributed by atoms with van der Waals surface area (Å²) < 4.78 is 29.7. The van der Waals surface area contributed by atoms with Crippen molar-refractivity contribution in [2.45, 2.75) is 45.6 Å². The highest BCUT2D eigenvalue weighted by Gasteiger charge is 2.18. The number of amides is 1. The summed E-state index contributed by atoms with van der Waals surface area (Å²) in [5.74, 6) is -0.705. The fourth-order valence-electron chi connectivity index (χ4n) is 3.17. The summed E-state index contributed by atoms with van der Waals surface area (Å²) >= 11 is 0. The SMILES string of the molecule is CCCCCN(CCOc1ccc(CC(OCC)C(=O)O)cc1)C(=O)Oc1cccc(F)c1. The summed E-state index contributed by atoms with van der Waals surface area (Å²) in [5.41, 5.74) is 0.822. The Kier molecular flexibility index (Phi) is 11.2. The van der Waals surface area contributed by atoms with E-state index in [1.807, 2.05) is 0 Å². The highest BCUT2D eigenvalue weighted by Crippen LogP contribution is 2.16. The average molecular weight is 462 g/mol. The van der Waals surface area contributed by atoms with Gasteiger partial charge >= 0.3 is 12.1 Å². The number of halogens is 1. The average Bonchev–Trinajstić information content (AvgIpc) is 2.79. The Balaban J connectivity index is 1.89. The molecule has 1 unspecified atom stereocenters. The lowest BCUT2D eigenvalue weighted by Crippen LogP contribution is -2.37. The van der Waals surface area contributed by atoms with E-state index >= 15 is 0 Å². The van der Waals surface area contributed by atoms with Gasteiger partial charge in [-0.15, -0.1) is 0 Å².